The normalized spacial score (nSPS) is 15.9. The molecular formula is C20H22ClN2O3-. The molecule has 6 heteroatoms. The topological polar surface area (TPSA) is 55.5 Å². The number of methoxy groups -OCH3 is 3. The molecule has 4 rings (SSSR count). The van der Waals surface area contributed by atoms with Crippen molar-refractivity contribution in [3.8, 4) is 17.2 Å². The first-order chi connectivity index (χ1) is 12.3. The molecule has 0 saturated carbocycles. The second-order valence-electron chi connectivity index (χ2n) is 6.15. The second-order valence-corrected chi connectivity index (χ2v) is 6.15. The van der Waals surface area contributed by atoms with Crippen LogP contribution in [-0.2, 0) is 6.42 Å². The Hall–Kier alpha value is -2.37. The number of aromatic nitrogens is 1. The van der Waals surface area contributed by atoms with Crippen molar-refractivity contribution < 1.29 is 26.6 Å². The summed E-state index contributed by atoms with van der Waals surface area (Å²) in [5.41, 5.74) is 4.68. The molecule has 2 heterocycles. The van der Waals surface area contributed by atoms with Crippen LogP contribution < -0.4 is 31.9 Å². The van der Waals surface area contributed by atoms with E-state index in [4.69, 9.17) is 14.2 Å². The molecule has 0 bridgehead atoms. The van der Waals surface area contributed by atoms with Crippen molar-refractivity contribution in [2.75, 3.05) is 27.9 Å². The van der Waals surface area contributed by atoms with E-state index in [1.807, 2.05) is 12.1 Å². The number of hydrogen-bond acceptors (Lipinski definition) is 4. The molecule has 2 aromatic carbocycles. The smallest absolute Gasteiger partial charge is 0.131 e. The Balaban J connectivity index is 0.00000196. The highest BCUT2D eigenvalue weighted by molar-refractivity contribution is 5.85. The zero-order valence-corrected chi connectivity index (χ0v) is 15.8. The minimum absolute atomic E-state index is 0. The molecule has 138 valence electrons. The number of ether oxygens (including phenoxy) is 3. The SMILES string of the molecule is COc1cc(OC)c(C2NCCc3c2[nH]c2ccccc32)c(OC)c1.[Cl-]. The molecule has 0 radical (unpaired) electrons. The van der Waals surface area contributed by atoms with E-state index in [9.17, 15) is 0 Å². The van der Waals surface area contributed by atoms with Gasteiger partial charge in [-0.25, -0.2) is 0 Å². The standard InChI is InChI=1S/C20H22N2O3.ClH/c1-23-12-10-16(24-2)18(17(11-12)25-3)20-19-14(8-9-21-20)13-6-4-5-7-15(13)22-19;/h4-7,10-11,20-22H,8-9H2,1-3H3;1H/p-1. The van der Waals surface area contributed by atoms with Crippen molar-refractivity contribution in [1.29, 1.82) is 0 Å². The minimum atomic E-state index is -0.0213. The fourth-order valence-corrected chi connectivity index (χ4v) is 3.74. The monoisotopic (exact) mass is 373 g/mol. The Bertz CT molecular complexity index is 898. The van der Waals surface area contributed by atoms with Crippen LogP contribution in [0.1, 0.15) is 22.9 Å². The summed E-state index contributed by atoms with van der Waals surface area (Å²) in [6, 6.07) is 12.2. The van der Waals surface area contributed by atoms with Gasteiger partial charge in [0.05, 0.1) is 32.9 Å². The molecule has 1 aliphatic heterocycles. The lowest BCUT2D eigenvalue weighted by Gasteiger charge is -2.28. The van der Waals surface area contributed by atoms with Crippen LogP contribution in [0.4, 0.5) is 0 Å². The van der Waals surface area contributed by atoms with Crippen LogP contribution in [0.3, 0.4) is 0 Å². The lowest BCUT2D eigenvalue weighted by molar-refractivity contribution is -0.00000609. The number of halogens is 1. The average Bonchev–Trinajstić information content (AvgIpc) is 3.05. The van der Waals surface area contributed by atoms with E-state index in [1.165, 1.54) is 16.6 Å². The third kappa shape index (κ3) is 2.87. The van der Waals surface area contributed by atoms with Gasteiger partial charge in [-0.05, 0) is 18.1 Å². The number of hydrogen-bond donors (Lipinski definition) is 2. The summed E-state index contributed by atoms with van der Waals surface area (Å²) in [5.74, 6) is 2.21. The molecule has 2 N–H and O–H groups in total. The first-order valence-corrected chi connectivity index (χ1v) is 8.39. The number of H-pyrrole nitrogens is 1. The Labute approximate surface area is 159 Å². The zero-order valence-electron chi connectivity index (χ0n) is 15.1. The van der Waals surface area contributed by atoms with Gasteiger partial charge in [-0.2, -0.15) is 0 Å². The summed E-state index contributed by atoms with van der Waals surface area (Å²) < 4.78 is 16.7. The van der Waals surface area contributed by atoms with Crippen molar-refractivity contribution in [2.45, 2.75) is 12.5 Å². The lowest BCUT2D eigenvalue weighted by atomic mass is 9.93. The van der Waals surface area contributed by atoms with Crippen LogP contribution in [0, 0.1) is 0 Å². The van der Waals surface area contributed by atoms with Gasteiger partial charge in [0.1, 0.15) is 17.2 Å². The Kier molecular flexibility index (Phi) is 5.30. The highest BCUT2D eigenvalue weighted by Crippen LogP contribution is 2.43. The van der Waals surface area contributed by atoms with Gasteiger partial charge in [-0.15, -0.1) is 0 Å². The third-order valence-electron chi connectivity index (χ3n) is 4.90. The summed E-state index contributed by atoms with van der Waals surface area (Å²) in [6.45, 7) is 0.901. The molecule has 1 aliphatic rings. The number of fused-ring (bicyclic) bond motifs is 3. The van der Waals surface area contributed by atoms with Crippen LogP contribution in [0.25, 0.3) is 10.9 Å². The summed E-state index contributed by atoms with van der Waals surface area (Å²) in [4.78, 5) is 3.59. The Morgan fingerprint density at radius 1 is 0.962 bits per heavy atom. The van der Waals surface area contributed by atoms with E-state index in [2.05, 4.69) is 34.6 Å². The highest BCUT2D eigenvalue weighted by Gasteiger charge is 2.30. The second kappa shape index (κ2) is 7.48. The van der Waals surface area contributed by atoms with E-state index in [0.29, 0.717) is 5.75 Å². The molecule has 5 nitrogen and oxygen atoms in total. The van der Waals surface area contributed by atoms with Crippen LogP contribution in [-0.4, -0.2) is 32.9 Å². The molecule has 26 heavy (non-hydrogen) atoms. The van der Waals surface area contributed by atoms with Gasteiger partial charge >= 0.3 is 0 Å². The number of aromatic amines is 1. The predicted octanol–water partition coefficient (Wildman–Crippen LogP) is 0.433. The molecule has 0 aliphatic carbocycles. The molecule has 0 spiro atoms. The van der Waals surface area contributed by atoms with E-state index >= 15 is 0 Å². The quantitative estimate of drug-likeness (QED) is 0.696. The van der Waals surface area contributed by atoms with Crippen molar-refractivity contribution in [1.82, 2.24) is 10.3 Å². The maximum absolute atomic E-state index is 5.66. The number of rotatable bonds is 4. The average molecular weight is 374 g/mol. The zero-order chi connectivity index (χ0) is 17.4. The van der Waals surface area contributed by atoms with Gasteiger partial charge in [0.2, 0.25) is 0 Å². The third-order valence-corrected chi connectivity index (χ3v) is 4.90. The van der Waals surface area contributed by atoms with Crippen LogP contribution >= 0.6 is 0 Å². The lowest BCUT2D eigenvalue weighted by Crippen LogP contribution is -3.00. The number of para-hydroxylation sites is 1. The molecule has 1 atom stereocenters. The number of nitrogens with one attached hydrogen (secondary N) is 2. The van der Waals surface area contributed by atoms with Gasteiger partial charge < -0.3 is 36.9 Å². The molecule has 1 aromatic heterocycles. The van der Waals surface area contributed by atoms with Gasteiger partial charge in [0.15, 0.2) is 0 Å². The first-order valence-electron chi connectivity index (χ1n) is 8.39. The van der Waals surface area contributed by atoms with E-state index < -0.39 is 0 Å². The molecule has 0 saturated heterocycles. The summed E-state index contributed by atoms with van der Waals surface area (Å²) >= 11 is 0. The predicted molar refractivity (Wildman–Crippen MR) is 97.9 cm³/mol. The van der Waals surface area contributed by atoms with Crippen molar-refractivity contribution >= 4 is 10.9 Å². The molecule has 3 aromatic rings. The van der Waals surface area contributed by atoms with Gasteiger partial charge in [0.25, 0.3) is 0 Å². The minimum Gasteiger partial charge on any atom is -1.00 e. The maximum atomic E-state index is 5.66. The van der Waals surface area contributed by atoms with Crippen LogP contribution in [0.2, 0.25) is 0 Å². The van der Waals surface area contributed by atoms with E-state index in [0.717, 1.165) is 35.5 Å². The van der Waals surface area contributed by atoms with E-state index in [-0.39, 0.29) is 18.4 Å². The molecule has 1 unspecified atom stereocenters. The van der Waals surface area contributed by atoms with Gasteiger partial charge in [0, 0.05) is 35.3 Å². The fourth-order valence-electron chi connectivity index (χ4n) is 3.74. The maximum Gasteiger partial charge on any atom is 0.131 e. The van der Waals surface area contributed by atoms with E-state index in [1.54, 1.807) is 21.3 Å². The van der Waals surface area contributed by atoms with Crippen molar-refractivity contribution in [2.24, 2.45) is 0 Å². The Morgan fingerprint density at radius 3 is 2.31 bits per heavy atom. The van der Waals surface area contributed by atoms with Crippen LogP contribution in [0.15, 0.2) is 36.4 Å². The number of benzene rings is 2. The molecule has 0 fully saturated rings. The highest BCUT2D eigenvalue weighted by atomic mass is 35.5. The van der Waals surface area contributed by atoms with Crippen molar-refractivity contribution in [3.63, 3.8) is 0 Å². The van der Waals surface area contributed by atoms with Gasteiger partial charge in [-0.3, -0.25) is 0 Å². The fraction of sp³-hybridized carbons (Fsp3) is 0.300. The van der Waals surface area contributed by atoms with Crippen molar-refractivity contribution in [3.05, 3.63) is 53.2 Å². The molecule has 0 amide bonds. The summed E-state index contributed by atoms with van der Waals surface area (Å²) in [7, 11) is 4.99. The summed E-state index contributed by atoms with van der Waals surface area (Å²) in [6.07, 6.45) is 0.997. The largest absolute Gasteiger partial charge is 1.00 e. The Morgan fingerprint density at radius 2 is 1.65 bits per heavy atom. The molecular weight excluding hydrogens is 352 g/mol. The van der Waals surface area contributed by atoms with Gasteiger partial charge in [-0.1, -0.05) is 18.2 Å². The first kappa shape index (κ1) is 18.4. The summed E-state index contributed by atoms with van der Waals surface area (Å²) in [5, 5.41) is 4.89. The van der Waals surface area contributed by atoms with Crippen LogP contribution in [0.5, 0.6) is 17.2 Å².